The van der Waals surface area contributed by atoms with Crippen molar-refractivity contribution >= 4 is 28.2 Å². The summed E-state index contributed by atoms with van der Waals surface area (Å²) in [5.41, 5.74) is 4.73. The van der Waals surface area contributed by atoms with Crippen molar-refractivity contribution in [3.63, 3.8) is 0 Å². The zero-order valence-corrected chi connectivity index (χ0v) is 23.7. The maximum atomic E-state index is 13.6. The lowest BCUT2D eigenvalue weighted by Gasteiger charge is -2.39. The molecule has 1 aliphatic carbocycles. The van der Waals surface area contributed by atoms with Gasteiger partial charge in [-0.15, -0.1) is 12.4 Å². The van der Waals surface area contributed by atoms with Gasteiger partial charge >= 0.3 is 0 Å². The number of sulfone groups is 1. The molecule has 1 saturated carbocycles. The van der Waals surface area contributed by atoms with E-state index in [9.17, 15) is 22.8 Å². The molecule has 2 aliphatic rings. The Morgan fingerprint density at radius 1 is 1.00 bits per heavy atom. The number of carbonyl (C=O) groups is 1. The molecule has 2 fully saturated rings. The van der Waals surface area contributed by atoms with Crippen molar-refractivity contribution < 1.29 is 27.5 Å². The molecule has 2 N–H and O–H groups in total. The number of hydrogen-bond acceptors (Lipinski definition) is 6. The number of likely N-dealkylation sites (tertiary alicyclic amines) is 1. The van der Waals surface area contributed by atoms with Gasteiger partial charge in [0.25, 0.3) is 5.91 Å². The van der Waals surface area contributed by atoms with Gasteiger partial charge < -0.3 is 9.64 Å². The fraction of sp³-hybridized carbons (Fsp3) is 0.367. The van der Waals surface area contributed by atoms with Crippen molar-refractivity contribution in [3.8, 4) is 16.9 Å². The van der Waals surface area contributed by atoms with E-state index >= 15 is 0 Å². The predicted octanol–water partition coefficient (Wildman–Crippen LogP) is 5.20. The number of ether oxygens (including phenoxy) is 1. The molecule has 0 spiro atoms. The Balaban J connectivity index is 0.00000370. The zero-order valence-electron chi connectivity index (χ0n) is 22.1. The first-order valence-corrected chi connectivity index (χ1v) is 14.8. The molecule has 1 aliphatic heterocycles. The number of hydrogen-bond donors (Lipinski definition) is 2. The first-order chi connectivity index (χ1) is 18.8. The molecule has 10 heteroatoms. The van der Waals surface area contributed by atoms with Gasteiger partial charge in [0.1, 0.15) is 11.6 Å². The van der Waals surface area contributed by atoms with Gasteiger partial charge in [0, 0.05) is 19.1 Å². The molecule has 0 atom stereocenters. The van der Waals surface area contributed by atoms with Crippen LogP contribution in [-0.2, 0) is 21.1 Å². The lowest BCUT2D eigenvalue weighted by molar-refractivity contribution is -0.133. The van der Waals surface area contributed by atoms with Crippen molar-refractivity contribution in [1.29, 1.82) is 0 Å². The van der Waals surface area contributed by atoms with E-state index in [0.717, 1.165) is 42.4 Å². The van der Waals surface area contributed by atoms with Gasteiger partial charge in [-0.05, 0) is 91.6 Å². The Hall–Kier alpha value is -2.98. The van der Waals surface area contributed by atoms with Gasteiger partial charge in [-0.25, -0.2) is 18.3 Å². The minimum atomic E-state index is -4.05. The third kappa shape index (κ3) is 6.33. The monoisotopic (exact) mass is 588 g/mol. The van der Waals surface area contributed by atoms with Crippen LogP contribution in [0.25, 0.3) is 11.1 Å². The Morgan fingerprint density at radius 2 is 1.68 bits per heavy atom. The van der Waals surface area contributed by atoms with E-state index in [-0.39, 0.29) is 36.0 Å². The highest BCUT2D eigenvalue weighted by Crippen LogP contribution is 2.39. The molecule has 214 valence electrons. The smallest absolute Gasteiger partial charge is 0.265 e. The highest BCUT2D eigenvalue weighted by molar-refractivity contribution is 7.93. The molecule has 3 aromatic rings. The van der Waals surface area contributed by atoms with Gasteiger partial charge in [-0.3, -0.25) is 10.0 Å². The van der Waals surface area contributed by atoms with E-state index in [1.54, 1.807) is 29.7 Å². The van der Waals surface area contributed by atoms with E-state index in [4.69, 9.17) is 4.74 Å². The minimum Gasteiger partial charge on any atom is -0.494 e. The van der Waals surface area contributed by atoms with Crippen LogP contribution in [0.3, 0.4) is 0 Å². The summed E-state index contributed by atoms with van der Waals surface area (Å²) in [5.74, 6) is -0.595. The number of amides is 1. The van der Waals surface area contributed by atoms with Gasteiger partial charge in [0.2, 0.25) is 0 Å². The van der Waals surface area contributed by atoms with Crippen LogP contribution in [0.1, 0.15) is 37.7 Å². The normalized spacial score (nSPS) is 17.1. The second-order valence-corrected chi connectivity index (χ2v) is 12.6. The van der Waals surface area contributed by atoms with Crippen molar-refractivity contribution in [2.75, 3.05) is 19.7 Å². The van der Waals surface area contributed by atoms with E-state index < -0.39 is 20.5 Å². The molecule has 7 nitrogen and oxygen atoms in total. The number of rotatable bonds is 10. The number of nitrogens with one attached hydrogen (secondary N) is 1. The molecule has 0 aromatic heterocycles. The molecular formula is C30H34ClFN2O5S. The van der Waals surface area contributed by atoms with Crippen molar-refractivity contribution in [2.24, 2.45) is 0 Å². The Labute approximate surface area is 240 Å². The standard InChI is InChI=1S/C30H33FN2O5S.ClH/c31-25-8-6-23(7-9-25)24-5-1-3-22(21-24)4-2-20-38-27-12-14-28(15-13-27)39(36,37)30(29(34)32-35)16-18-33(19-17-30)26-10-11-26;/h1,3,5-9,12-15,21,26,35H,2,4,10-11,16-20H2,(H,32,34);1H. The van der Waals surface area contributed by atoms with Gasteiger partial charge in [0.15, 0.2) is 14.6 Å². The topological polar surface area (TPSA) is 95.9 Å². The number of aryl methyl sites for hydroxylation is 1. The second-order valence-electron chi connectivity index (χ2n) is 10.3. The maximum absolute atomic E-state index is 13.6. The van der Waals surface area contributed by atoms with Crippen molar-refractivity contribution in [2.45, 2.75) is 54.2 Å². The van der Waals surface area contributed by atoms with Crippen molar-refractivity contribution in [1.82, 2.24) is 10.4 Å². The quantitative estimate of drug-likeness (QED) is 0.192. The number of hydroxylamine groups is 1. The summed E-state index contributed by atoms with van der Waals surface area (Å²) >= 11 is 0. The molecule has 1 heterocycles. The van der Waals surface area contributed by atoms with Gasteiger partial charge in [-0.2, -0.15) is 0 Å². The minimum absolute atomic E-state index is 0. The molecule has 5 rings (SSSR count). The summed E-state index contributed by atoms with van der Waals surface area (Å²) < 4.78 is 44.6. The molecule has 0 bridgehead atoms. The van der Waals surface area contributed by atoms with E-state index in [1.807, 2.05) is 18.2 Å². The van der Waals surface area contributed by atoms with Crippen LogP contribution >= 0.6 is 12.4 Å². The van der Waals surface area contributed by atoms with Crippen LogP contribution in [0.15, 0.2) is 77.7 Å². The zero-order chi connectivity index (χ0) is 27.5. The molecule has 40 heavy (non-hydrogen) atoms. The summed E-state index contributed by atoms with van der Waals surface area (Å²) in [4.78, 5) is 14.9. The first-order valence-electron chi connectivity index (χ1n) is 13.3. The third-order valence-corrected chi connectivity index (χ3v) is 10.3. The second kappa shape index (κ2) is 12.7. The average Bonchev–Trinajstić information content (AvgIpc) is 3.81. The summed E-state index contributed by atoms with van der Waals surface area (Å²) in [5, 5.41) is 9.37. The number of nitrogens with zero attached hydrogens (tertiary/aromatic N) is 1. The SMILES string of the molecule is Cl.O=C(NO)C1(S(=O)(=O)c2ccc(OCCCc3cccc(-c4ccc(F)cc4)c3)cc2)CCN(C2CC2)CC1. The largest absolute Gasteiger partial charge is 0.494 e. The van der Waals surface area contributed by atoms with Crippen LogP contribution in [-0.4, -0.2) is 54.9 Å². The highest BCUT2D eigenvalue weighted by atomic mass is 35.5. The van der Waals surface area contributed by atoms with Crippen LogP contribution < -0.4 is 10.2 Å². The lowest BCUT2D eigenvalue weighted by atomic mass is 9.94. The van der Waals surface area contributed by atoms with E-state index in [2.05, 4.69) is 11.0 Å². The summed E-state index contributed by atoms with van der Waals surface area (Å²) in [6, 6.07) is 21.1. The molecule has 1 amide bonds. The molecule has 3 aromatic carbocycles. The Bertz CT molecular complexity index is 1400. The third-order valence-electron chi connectivity index (χ3n) is 7.82. The fourth-order valence-corrected chi connectivity index (χ4v) is 7.32. The first kappa shape index (κ1) is 30.0. The van der Waals surface area contributed by atoms with Crippen LogP contribution in [0, 0.1) is 5.82 Å². The maximum Gasteiger partial charge on any atom is 0.265 e. The van der Waals surface area contributed by atoms with Gasteiger partial charge in [0.05, 0.1) is 11.5 Å². The molecular weight excluding hydrogens is 555 g/mol. The molecule has 0 radical (unpaired) electrons. The summed E-state index contributed by atoms with van der Waals surface area (Å²) in [6.07, 6.45) is 4.03. The summed E-state index contributed by atoms with van der Waals surface area (Å²) in [7, 11) is -4.05. The number of benzene rings is 3. The van der Waals surface area contributed by atoms with Crippen molar-refractivity contribution in [3.05, 3.63) is 84.2 Å². The highest BCUT2D eigenvalue weighted by Gasteiger charge is 2.53. The van der Waals surface area contributed by atoms with E-state index in [0.29, 0.717) is 31.5 Å². The van der Waals surface area contributed by atoms with E-state index in [1.165, 1.54) is 24.3 Å². The van der Waals surface area contributed by atoms with Gasteiger partial charge in [-0.1, -0.05) is 36.4 Å². The molecule has 1 saturated heterocycles. The summed E-state index contributed by atoms with van der Waals surface area (Å²) in [6.45, 7) is 1.46. The Morgan fingerprint density at radius 3 is 2.30 bits per heavy atom. The van der Waals surface area contributed by atoms with Crippen LogP contribution in [0.4, 0.5) is 4.39 Å². The number of halogens is 2. The lowest BCUT2D eigenvalue weighted by Crippen LogP contribution is -2.58. The average molecular weight is 589 g/mol. The van der Waals surface area contributed by atoms with Crippen LogP contribution in [0.2, 0.25) is 0 Å². The fourth-order valence-electron chi connectivity index (χ4n) is 5.37. The molecule has 0 unspecified atom stereocenters. The predicted molar refractivity (Wildman–Crippen MR) is 153 cm³/mol. The van der Waals surface area contributed by atoms with Crippen LogP contribution in [0.5, 0.6) is 5.75 Å². The Kier molecular flexibility index (Phi) is 9.51. The number of piperidine rings is 1. The number of carbonyl (C=O) groups excluding carboxylic acids is 1.